The van der Waals surface area contributed by atoms with E-state index >= 15 is 0 Å². The summed E-state index contributed by atoms with van der Waals surface area (Å²) >= 11 is 0.515. The van der Waals surface area contributed by atoms with Crippen molar-refractivity contribution in [2.75, 3.05) is 6.61 Å². The summed E-state index contributed by atoms with van der Waals surface area (Å²) in [5, 5.41) is 1.70. The first-order valence-electron chi connectivity index (χ1n) is 7.72. The summed E-state index contributed by atoms with van der Waals surface area (Å²) in [6.07, 6.45) is 0.807. The van der Waals surface area contributed by atoms with Gasteiger partial charge in [-0.3, -0.25) is 0 Å². The van der Waals surface area contributed by atoms with Crippen LogP contribution in [0.2, 0.25) is 0 Å². The zero-order valence-electron chi connectivity index (χ0n) is 13.7. The average Bonchev–Trinajstić information content (AvgIpc) is 2.52. The molecule has 2 nitrogen and oxygen atoms in total. The van der Waals surface area contributed by atoms with Crippen LogP contribution < -0.4 is 0 Å². The Bertz CT molecular complexity index is 741. The van der Waals surface area contributed by atoms with E-state index in [0.717, 1.165) is 17.2 Å². The highest BCUT2D eigenvalue weighted by Gasteiger charge is 2.12. The van der Waals surface area contributed by atoms with Crippen molar-refractivity contribution in [3.63, 3.8) is 0 Å². The highest BCUT2D eigenvalue weighted by Crippen LogP contribution is 2.29. The molecular formula is C19H20F2O2S. The Morgan fingerprint density at radius 2 is 1.83 bits per heavy atom. The minimum atomic E-state index is -2.44. The molecule has 0 aliphatic carbocycles. The fourth-order valence-corrected chi connectivity index (χ4v) is 2.73. The second kappa shape index (κ2) is 8.29. The number of fused-ring (bicyclic) bond motifs is 1. The molecule has 2 aromatic carbocycles. The zero-order valence-corrected chi connectivity index (χ0v) is 14.5. The topological polar surface area (TPSA) is 26.3 Å². The molecule has 0 amide bonds. The first-order valence-corrected chi connectivity index (χ1v) is 8.60. The van der Waals surface area contributed by atoms with Crippen LogP contribution in [0.3, 0.4) is 0 Å². The molecule has 2 aromatic rings. The lowest BCUT2D eigenvalue weighted by molar-refractivity contribution is -0.136. The van der Waals surface area contributed by atoms with Crippen molar-refractivity contribution in [1.29, 1.82) is 0 Å². The van der Waals surface area contributed by atoms with E-state index in [1.807, 2.05) is 6.07 Å². The van der Waals surface area contributed by atoms with Gasteiger partial charge in [-0.25, -0.2) is 4.79 Å². The molecule has 0 heterocycles. The van der Waals surface area contributed by atoms with Gasteiger partial charge >= 0.3 is 5.97 Å². The summed E-state index contributed by atoms with van der Waals surface area (Å²) in [5.41, 5.74) is 0.970. The third-order valence-corrected chi connectivity index (χ3v) is 4.26. The molecule has 0 radical (unpaired) electrons. The average molecular weight is 350 g/mol. The number of benzene rings is 2. The lowest BCUT2D eigenvalue weighted by atomic mass is 10.0. The minimum absolute atomic E-state index is 0.298. The van der Waals surface area contributed by atoms with Gasteiger partial charge < -0.3 is 4.74 Å². The van der Waals surface area contributed by atoms with Crippen molar-refractivity contribution >= 4 is 34.1 Å². The molecule has 0 fully saturated rings. The van der Waals surface area contributed by atoms with E-state index in [2.05, 4.69) is 20.4 Å². The van der Waals surface area contributed by atoms with Gasteiger partial charge in [-0.05, 0) is 46.9 Å². The summed E-state index contributed by atoms with van der Waals surface area (Å²) in [6, 6.07) is 10.5. The summed E-state index contributed by atoms with van der Waals surface area (Å²) < 4.78 is 30.1. The molecule has 0 bridgehead atoms. The molecule has 0 saturated heterocycles. The maximum atomic E-state index is 12.4. The van der Waals surface area contributed by atoms with Crippen LogP contribution in [0.15, 0.2) is 47.9 Å². The normalized spacial score (nSPS) is 11.2. The van der Waals surface area contributed by atoms with Crippen LogP contribution in [-0.2, 0) is 9.53 Å². The molecule has 0 atom stereocenters. The van der Waals surface area contributed by atoms with Crippen LogP contribution >= 0.6 is 11.8 Å². The van der Waals surface area contributed by atoms with E-state index in [0.29, 0.717) is 40.3 Å². The van der Waals surface area contributed by atoms with Gasteiger partial charge in [-0.2, -0.15) is 8.78 Å². The molecular weight excluding hydrogens is 330 g/mol. The molecule has 0 N–H and O–H groups in total. The van der Waals surface area contributed by atoms with Crippen molar-refractivity contribution in [2.24, 2.45) is 5.92 Å². The fourth-order valence-electron chi connectivity index (χ4n) is 2.18. The van der Waals surface area contributed by atoms with Gasteiger partial charge in [-0.15, -0.1) is 0 Å². The van der Waals surface area contributed by atoms with Gasteiger partial charge in [0.1, 0.15) is 0 Å². The van der Waals surface area contributed by atoms with Crippen molar-refractivity contribution in [3.05, 3.63) is 48.5 Å². The Hall–Kier alpha value is -1.88. The molecule has 0 saturated carbocycles. The Labute approximate surface area is 144 Å². The van der Waals surface area contributed by atoms with E-state index < -0.39 is 11.7 Å². The molecule has 128 valence electrons. The lowest BCUT2D eigenvalue weighted by Gasteiger charge is -2.10. The van der Waals surface area contributed by atoms with E-state index in [-0.39, 0.29) is 0 Å². The van der Waals surface area contributed by atoms with Crippen LogP contribution in [0.25, 0.3) is 16.3 Å². The molecule has 0 aromatic heterocycles. The quantitative estimate of drug-likeness (QED) is 0.361. The maximum Gasteiger partial charge on any atom is 0.338 e. The van der Waals surface area contributed by atoms with Gasteiger partial charge in [-0.1, -0.05) is 50.4 Å². The predicted octanol–water partition coefficient (Wildman–Crippen LogP) is 5.76. The Morgan fingerprint density at radius 1 is 1.17 bits per heavy atom. The van der Waals surface area contributed by atoms with Crippen molar-refractivity contribution in [2.45, 2.75) is 30.9 Å². The van der Waals surface area contributed by atoms with Gasteiger partial charge in [0.2, 0.25) is 0 Å². The molecule has 0 unspecified atom stereocenters. The van der Waals surface area contributed by atoms with Crippen molar-refractivity contribution in [3.8, 4) is 0 Å². The monoisotopic (exact) mass is 350 g/mol. The second-order valence-electron chi connectivity index (χ2n) is 5.90. The molecule has 5 heteroatoms. The van der Waals surface area contributed by atoms with Crippen LogP contribution in [0.4, 0.5) is 8.78 Å². The molecule has 0 spiro atoms. The van der Waals surface area contributed by atoms with Crippen molar-refractivity contribution in [1.82, 2.24) is 0 Å². The number of rotatable bonds is 7. The van der Waals surface area contributed by atoms with E-state index in [4.69, 9.17) is 4.74 Å². The summed E-state index contributed by atoms with van der Waals surface area (Å²) in [6.45, 7) is 8.31. The zero-order chi connectivity index (χ0) is 17.7. The van der Waals surface area contributed by atoms with E-state index in [9.17, 15) is 13.6 Å². The predicted molar refractivity (Wildman–Crippen MR) is 95.3 cm³/mol. The Morgan fingerprint density at radius 3 is 2.50 bits per heavy atom. The number of hydrogen-bond acceptors (Lipinski definition) is 3. The van der Waals surface area contributed by atoms with E-state index in [1.165, 1.54) is 0 Å². The van der Waals surface area contributed by atoms with Crippen LogP contribution in [0.1, 0.15) is 25.8 Å². The minimum Gasteiger partial charge on any atom is -0.462 e. The van der Waals surface area contributed by atoms with Gasteiger partial charge in [0, 0.05) is 4.90 Å². The number of halogens is 2. The number of alkyl halides is 2. The summed E-state index contributed by atoms with van der Waals surface area (Å²) in [4.78, 5) is 12.5. The summed E-state index contributed by atoms with van der Waals surface area (Å²) in [7, 11) is 0. The lowest BCUT2D eigenvalue weighted by Crippen LogP contribution is -2.09. The highest BCUT2D eigenvalue weighted by atomic mass is 32.2. The molecule has 24 heavy (non-hydrogen) atoms. The Kier molecular flexibility index (Phi) is 6.37. The maximum absolute atomic E-state index is 12.4. The van der Waals surface area contributed by atoms with E-state index in [1.54, 1.807) is 30.3 Å². The van der Waals surface area contributed by atoms with Crippen molar-refractivity contribution < 1.29 is 18.3 Å². The first kappa shape index (κ1) is 18.5. The summed E-state index contributed by atoms with van der Waals surface area (Å²) in [5.74, 6) is -2.41. The molecule has 2 rings (SSSR count). The van der Waals surface area contributed by atoms with Gasteiger partial charge in [0.25, 0.3) is 5.76 Å². The molecule has 0 aliphatic rings. The van der Waals surface area contributed by atoms with Gasteiger partial charge in [0.15, 0.2) is 0 Å². The highest BCUT2D eigenvalue weighted by molar-refractivity contribution is 7.99. The second-order valence-corrected chi connectivity index (χ2v) is 6.96. The number of ether oxygens (including phenoxy) is 1. The van der Waals surface area contributed by atoms with Crippen LogP contribution in [0, 0.1) is 5.92 Å². The SMILES string of the molecule is C=C(C(=O)OCCC(C)C)c1ccc2cc(SC(F)F)ccc2c1. The number of thioether (sulfide) groups is 1. The van der Waals surface area contributed by atoms with Crippen LogP contribution in [0.5, 0.6) is 0 Å². The number of esters is 1. The van der Waals surface area contributed by atoms with Gasteiger partial charge in [0.05, 0.1) is 12.2 Å². The third-order valence-electron chi connectivity index (χ3n) is 3.56. The molecule has 0 aliphatic heterocycles. The fraction of sp³-hybridized carbons (Fsp3) is 0.316. The smallest absolute Gasteiger partial charge is 0.338 e. The largest absolute Gasteiger partial charge is 0.462 e. The standard InChI is InChI=1S/C19H20F2O2S/c1-12(2)8-9-23-18(22)13(3)14-4-5-16-11-17(24-19(20)21)7-6-15(16)10-14/h4-7,10-12,19H,3,8-9H2,1-2H3. The van der Waals surface area contributed by atoms with Crippen LogP contribution in [-0.4, -0.2) is 18.3 Å². The Balaban J connectivity index is 2.12. The number of carbonyl (C=O) groups is 1. The number of carbonyl (C=O) groups excluding carboxylic acids is 1. The number of hydrogen-bond donors (Lipinski definition) is 0. The third kappa shape index (κ3) is 5.06. The first-order chi connectivity index (χ1) is 11.4.